The third-order valence-corrected chi connectivity index (χ3v) is 3.42. The monoisotopic (exact) mass is 339 g/mol. The first kappa shape index (κ1) is 14.4. The van der Waals surface area contributed by atoms with Crippen LogP contribution in [0.3, 0.4) is 0 Å². The molecule has 1 N–H and O–H groups in total. The number of nitro benzene ring substituents is 1. The molecule has 2 rings (SSSR count). The molecule has 0 bridgehead atoms. The minimum atomic E-state index is -0.464. The Bertz CT molecular complexity index is 651. The lowest BCUT2D eigenvalue weighted by molar-refractivity contribution is -0.384. The van der Waals surface area contributed by atoms with Crippen LogP contribution in [0.1, 0.15) is 18.5 Å². The third-order valence-electron chi connectivity index (χ3n) is 2.76. The molecule has 1 aromatic carbocycles. The molecule has 0 amide bonds. The molecular formula is C13H11BrFN3O2. The van der Waals surface area contributed by atoms with Crippen LogP contribution >= 0.6 is 15.9 Å². The summed E-state index contributed by atoms with van der Waals surface area (Å²) in [5, 5.41) is 13.8. The first-order valence-electron chi connectivity index (χ1n) is 5.78. The molecule has 0 fully saturated rings. The minimum absolute atomic E-state index is 0.00232. The van der Waals surface area contributed by atoms with Gasteiger partial charge in [-0.05, 0) is 40.5 Å². The van der Waals surface area contributed by atoms with E-state index in [-0.39, 0.29) is 11.7 Å². The number of nitrogens with zero attached hydrogens (tertiary/aromatic N) is 2. The lowest BCUT2D eigenvalue weighted by Gasteiger charge is -2.16. The maximum Gasteiger partial charge on any atom is 0.270 e. The van der Waals surface area contributed by atoms with Crippen molar-refractivity contribution in [1.29, 1.82) is 0 Å². The van der Waals surface area contributed by atoms with E-state index < -0.39 is 10.7 Å². The Morgan fingerprint density at radius 2 is 2.15 bits per heavy atom. The molecule has 0 spiro atoms. The molecule has 1 unspecified atom stereocenters. The van der Waals surface area contributed by atoms with Gasteiger partial charge in [0.25, 0.3) is 5.69 Å². The molecule has 0 aliphatic carbocycles. The van der Waals surface area contributed by atoms with Gasteiger partial charge >= 0.3 is 0 Å². The van der Waals surface area contributed by atoms with Crippen molar-refractivity contribution < 1.29 is 9.31 Å². The van der Waals surface area contributed by atoms with E-state index in [2.05, 4.69) is 26.2 Å². The van der Waals surface area contributed by atoms with Gasteiger partial charge in [-0.2, -0.15) is 0 Å². The van der Waals surface area contributed by atoms with Crippen molar-refractivity contribution in [2.45, 2.75) is 13.0 Å². The van der Waals surface area contributed by atoms with E-state index in [1.807, 2.05) is 6.92 Å². The van der Waals surface area contributed by atoms with E-state index in [1.165, 1.54) is 18.2 Å². The maximum atomic E-state index is 13.1. The molecule has 1 aromatic heterocycles. The number of nitrogens with one attached hydrogen (secondary N) is 1. The average Bonchev–Trinajstić information content (AvgIpc) is 2.40. The Morgan fingerprint density at radius 3 is 2.75 bits per heavy atom. The number of benzene rings is 1. The van der Waals surface area contributed by atoms with E-state index in [4.69, 9.17) is 0 Å². The molecule has 7 heteroatoms. The fraction of sp³-hybridized carbons (Fsp3) is 0.154. The van der Waals surface area contributed by atoms with Gasteiger partial charge in [0.2, 0.25) is 0 Å². The molecule has 1 heterocycles. The first-order chi connectivity index (χ1) is 9.47. The van der Waals surface area contributed by atoms with Crippen molar-refractivity contribution >= 4 is 27.3 Å². The molecule has 5 nitrogen and oxygen atoms in total. The number of pyridine rings is 1. The van der Waals surface area contributed by atoms with Crippen LogP contribution in [0, 0.1) is 15.9 Å². The quantitative estimate of drug-likeness (QED) is 0.673. The zero-order valence-electron chi connectivity index (χ0n) is 10.5. The fourth-order valence-electron chi connectivity index (χ4n) is 1.72. The van der Waals surface area contributed by atoms with Gasteiger partial charge in [0.15, 0.2) is 0 Å². The molecule has 0 saturated carbocycles. The van der Waals surface area contributed by atoms with Crippen LogP contribution in [-0.4, -0.2) is 9.91 Å². The molecule has 0 aliphatic rings. The van der Waals surface area contributed by atoms with E-state index in [9.17, 15) is 14.5 Å². The number of non-ortho nitro benzene ring substituents is 1. The molecule has 2 aromatic rings. The second-order valence-electron chi connectivity index (χ2n) is 4.22. The summed E-state index contributed by atoms with van der Waals surface area (Å²) in [7, 11) is 0. The number of anilines is 1. The van der Waals surface area contributed by atoms with Crippen molar-refractivity contribution in [3.63, 3.8) is 0 Å². The molecular weight excluding hydrogens is 329 g/mol. The molecule has 1 atom stereocenters. The van der Waals surface area contributed by atoms with Crippen LogP contribution in [-0.2, 0) is 0 Å². The molecule has 104 valence electrons. The summed E-state index contributed by atoms with van der Waals surface area (Å²) in [6.07, 6.45) is 2.71. The zero-order valence-corrected chi connectivity index (χ0v) is 12.1. The second-order valence-corrected chi connectivity index (χ2v) is 5.08. The van der Waals surface area contributed by atoms with Crippen molar-refractivity contribution in [3.8, 4) is 0 Å². The highest BCUT2D eigenvalue weighted by Crippen LogP contribution is 2.29. The first-order valence-corrected chi connectivity index (χ1v) is 6.57. The SMILES string of the molecule is CC(Nc1ccc([N+](=O)[O-])cc1Br)c1cncc(F)c1. The van der Waals surface area contributed by atoms with Crippen LogP contribution in [0.25, 0.3) is 0 Å². The summed E-state index contributed by atoms with van der Waals surface area (Å²) >= 11 is 3.27. The number of hydrogen-bond acceptors (Lipinski definition) is 4. The Labute approximate surface area is 123 Å². The number of rotatable bonds is 4. The summed E-state index contributed by atoms with van der Waals surface area (Å²) in [4.78, 5) is 14.0. The predicted molar refractivity (Wildman–Crippen MR) is 77.0 cm³/mol. The highest BCUT2D eigenvalue weighted by molar-refractivity contribution is 9.10. The van der Waals surface area contributed by atoms with Gasteiger partial charge < -0.3 is 5.32 Å². The van der Waals surface area contributed by atoms with Crippen LogP contribution in [0.4, 0.5) is 15.8 Å². The maximum absolute atomic E-state index is 13.1. The summed E-state index contributed by atoms with van der Waals surface area (Å²) in [6.45, 7) is 1.85. The minimum Gasteiger partial charge on any atom is -0.378 e. The second kappa shape index (κ2) is 5.96. The van der Waals surface area contributed by atoms with Gasteiger partial charge in [0, 0.05) is 28.5 Å². The van der Waals surface area contributed by atoms with Crippen molar-refractivity contribution in [3.05, 3.63) is 62.6 Å². The van der Waals surface area contributed by atoms with Gasteiger partial charge in [-0.3, -0.25) is 15.1 Å². The molecule has 0 radical (unpaired) electrons. The van der Waals surface area contributed by atoms with Crippen LogP contribution in [0.2, 0.25) is 0 Å². The smallest absolute Gasteiger partial charge is 0.270 e. The summed E-state index contributed by atoms with van der Waals surface area (Å²) in [6, 6.07) is 5.63. The summed E-state index contributed by atoms with van der Waals surface area (Å²) in [5.74, 6) is -0.404. The van der Waals surface area contributed by atoms with Gasteiger partial charge in [-0.1, -0.05) is 0 Å². The Kier molecular flexibility index (Phi) is 4.29. The van der Waals surface area contributed by atoms with Crippen LogP contribution < -0.4 is 5.32 Å². The average molecular weight is 340 g/mol. The summed E-state index contributed by atoms with van der Waals surface area (Å²) < 4.78 is 13.7. The number of halogens is 2. The number of aromatic nitrogens is 1. The van der Waals surface area contributed by atoms with Crippen LogP contribution in [0.5, 0.6) is 0 Å². The molecule has 20 heavy (non-hydrogen) atoms. The standard InChI is InChI=1S/C13H11BrFN3O2/c1-8(9-4-10(15)7-16-6-9)17-13-3-2-11(18(19)20)5-12(13)14/h2-8,17H,1H3. The summed E-state index contributed by atoms with van der Waals surface area (Å²) in [5.41, 5.74) is 1.38. The van der Waals surface area contributed by atoms with Gasteiger partial charge in [-0.25, -0.2) is 4.39 Å². The van der Waals surface area contributed by atoms with E-state index in [0.29, 0.717) is 15.7 Å². The highest BCUT2D eigenvalue weighted by atomic mass is 79.9. The largest absolute Gasteiger partial charge is 0.378 e. The number of nitro groups is 1. The Balaban J connectivity index is 2.19. The molecule has 0 aliphatic heterocycles. The van der Waals surface area contributed by atoms with E-state index >= 15 is 0 Å². The van der Waals surface area contributed by atoms with Crippen molar-refractivity contribution in [2.75, 3.05) is 5.32 Å². The Hall–Kier alpha value is -2.02. The third kappa shape index (κ3) is 3.30. The lowest BCUT2D eigenvalue weighted by Crippen LogP contribution is -2.08. The zero-order chi connectivity index (χ0) is 14.7. The van der Waals surface area contributed by atoms with Gasteiger partial charge in [0.1, 0.15) is 5.82 Å². The lowest BCUT2D eigenvalue weighted by atomic mass is 10.1. The predicted octanol–water partition coefficient (Wildman–Crippen LogP) is 4.06. The fourth-order valence-corrected chi connectivity index (χ4v) is 2.20. The van der Waals surface area contributed by atoms with E-state index in [0.717, 1.165) is 6.20 Å². The van der Waals surface area contributed by atoms with Gasteiger partial charge in [-0.15, -0.1) is 0 Å². The normalized spacial score (nSPS) is 11.9. The van der Waals surface area contributed by atoms with Crippen molar-refractivity contribution in [2.24, 2.45) is 0 Å². The Morgan fingerprint density at radius 1 is 1.40 bits per heavy atom. The van der Waals surface area contributed by atoms with Crippen molar-refractivity contribution in [1.82, 2.24) is 4.98 Å². The van der Waals surface area contributed by atoms with Gasteiger partial charge in [0.05, 0.1) is 17.2 Å². The topological polar surface area (TPSA) is 68.1 Å². The highest BCUT2D eigenvalue weighted by Gasteiger charge is 2.12. The van der Waals surface area contributed by atoms with E-state index in [1.54, 1.807) is 12.3 Å². The number of hydrogen-bond donors (Lipinski definition) is 1. The molecule has 0 saturated heterocycles. The van der Waals surface area contributed by atoms with Crippen LogP contribution in [0.15, 0.2) is 41.1 Å².